The Hall–Kier alpha value is -3.63. The molecular weight excluding hydrogens is 563 g/mol. The van der Waals surface area contributed by atoms with Crippen molar-refractivity contribution in [3.05, 3.63) is 24.3 Å². The van der Waals surface area contributed by atoms with Gasteiger partial charge in [0.2, 0.25) is 12.4 Å². The lowest BCUT2D eigenvalue weighted by molar-refractivity contribution is -0.283. The fourth-order valence-electron chi connectivity index (χ4n) is 3.96. The highest BCUT2D eigenvalue weighted by Crippen LogP contribution is 2.39. The van der Waals surface area contributed by atoms with Gasteiger partial charge in [0.25, 0.3) is 0 Å². The highest BCUT2D eigenvalue weighted by atomic mass is 31.2. The number of hydrogen-bond donors (Lipinski definition) is 4. The smallest absolute Gasteiger partial charge is 0.325 e. The van der Waals surface area contributed by atoms with Crippen molar-refractivity contribution in [1.29, 1.82) is 0 Å². The van der Waals surface area contributed by atoms with Crippen molar-refractivity contribution in [2.45, 2.75) is 77.2 Å². The van der Waals surface area contributed by atoms with E-state index >= 15 is 0 Å². The molecule has 1 aromatic carbocycles. The highest BCUT2D eigenvalue weighted by Gasteiger charge is 2.53. The van der Waals surface area contributed by atoms with Crippen molar-refractivity contribution in [2.24, 2.45) is 0 Å². The van der Waals surface area contributed by atoms with Crippen LogP contribution in [0.4, 0.5) is 10.5 Å². The maximum Gasteiger partial charge on any atom is 0.325 e. The number of carbonyl (C=O) groups is 4. The Kier molecular flexibility index (Phi) is 13.1. The average molecular weight is 599 g/mol. The second-order valence-electron chi connectivity index (χ2n) is 9.13. The Labute approximate surface area is 237 Å². The number of benzene rings is 1. The number of nitrogens with one attached hydrogen (secondary N) is 2. The summed E-state index contributed by atoms with van der Waals surface area (Å²) >= 11 is 0. The van der Waals surface area contributed by atoms with Gasteiger partial charge in [-0.05, 0) is 43.5 Å². The van der Waals surface area contributed by atoms with E-state index in [2.05, 4.69) is 16.6 Å². The van der Waals surface area contributed by atoms with Crippen molar-refractivity contribution >= 4 is 37.2 Å². The van der Waals surface area contributed by atoms with Gasteiger partial charge in [-0.1, -0.05) is 0 Å². The van der Waals surface area contributed by atoms with Gasteiger partial charge in [-0.3, -0.25) is 18.9 Å². The molecular formula is C26H35N2O12P. The Morgan fingerprint density at radius 3 is 2.10 bits per heavy atom. The standard InChI is InChI=1S/C26H35N2O12P/c1-5-6-7-8-14-27-26(32)28-19-9-11-20(12-10-19)39-25-24(38-18(4)31)23(37-17(3)30)22(36-16(2)29)21(40-25)13-15-41(33,34)35/h1,9-12,21-25H,6-8,13-15H2,2-4H3,(H2,27,28,32)(H2,33,34,35)/t21-,22-,23+,24+,25-/m1/s1. The van der Waals surface area contributed by atoms with Crippen LogP contribution in [0.1, 0.15) is 46.5 Å². The number of rotatable bonds is 13. The minimum atomic E-state index is -4.50. The summed E-state index contributed by atoms with van der Waals surface area (Å²) in [4.78, 5) is 66.6. The molecule has 14 nitrogen and oxygen atoms in total. The Balaban J connectivity index is 2.24. The molecule has 1 heterocycles. The summed E-state index contributed by atoms with van der Waals surface area (Å²) in [5.74, 6) is 0.335. The van der Waals surface area contributed by atoms with E-state index in [1.165, 1.54) is 24.3 Å². The Morgan fingerprint density at radius 2 is 1.54 bits per heavy atom. The minimum Gasteiger partial charge on any atom is -0.461 e. The lowest BCUT2D eigenvalue weighted by Gasteiger charge is -2.44. The van der Waals surface area contributed by atoms with E-state index in [4.69, 9.17) is 30.1 Å². The summed E-state index contributed by atoms with van der Waals surface area (Å²) < 4.78 is 39.3. The fraction of sp³-hybridized carbons (Fsp3) is 0.538. The number of ether oxygens (including phenoxy) is 5. The molecule has 2 amide bonds. The third kappa shape index (κ3) is 12.2. The van der Waals surface area contributed by atoms with Gasteiger partial charge in [0.15, 0.2) is 12.2 Å². The van der Waals surface area contributed by atoms with Gasteiger partial charge in [0, 0.05) is 39.4 Å². The van der Waals surface area contributed by atoms with Crippen molar-refractivity contribution in [3.8, 4) is 18.1 Å². The van der Waals surface area contributed by atoms with Crippen LogP contribution in [0.25, 0.3) is 0 Å². The Bertz CT molecular complexity index is 1150. The van der Waals surface area contributed by atoms with E-state index < -0.39 is 68.4 Å². The molecule has 4 N–H and O–H groups in total. The summed E-state index contributed by atoms with van der Waals surface area (Å²) in [7, 11) is -4.50. The van der Waals surface area contributed by atoms with Gasteiger partial charge >= 0.3 is 31.5 Å². The second-order valence-corrected chi connectivity index (χ2v) is 10.9. The molecule has 0 bridgehead atoms. The van der Waals surface area contributed by atoms with Gasteiger partial charge in [-0.2, -0.15) is 0 Å². The van der Waals surface area contributed by atoms with Crippen LogP contribution in [0.2, 0.25) is 0 Å². The van der Waals surface area contributed by atoms with Crippen LogP contribution in [-0.4, -0.2) is 77.1 Å². The van der Waals surface area contributed by atoms with Crippen LogP contribution in [0, 0.1) is 12.3 Å². The zero-order valence-electron chi connectivity index (χ0n) is 22.9. The molecule has 41 heavy (non-hydrogen) atoms. The highest BCUT2D eigenvalue weighted by molar-refractivity contribution is 7.51. The summed E-state index contributed by atoms with van der Waals surface area (Å²) in [6.45, 7) is 3.73. The first-order valence-electron chi connectivity index (χ1n) is 12.8. The van der Waals surface area contributed by atoms with Crippen LogP contribution in [0.3, 0.4) is 0 Å². The number of anilines is 1. The van der Waals surface area contributed by atoms with Crippen LogP contribution in [-0.2, 0) is 37.9 Å². The van der Waals surface area contributed by atoms with Crippen molar-refractivity contribution < 1.29 is 57.2 Å². The number of urea groups is 1. The summed E-state index contributed by atoms with van der Waals surface area (Å²) in [6, 6.07) is 5.63. The molecule has 0 aromatic heterocycles. The summed E-state index contributed by atoms with van der Waals surface area (Å²) in [5, 5.41) is 5.37. The molecule has 1 aliphatic rings. The van der Waals surface area contributed by atoms with Gasteiger partial charge in [-0.25, -0.2) is 4.79 Å². The number of esters is 3. The molecule has 0 aliphatic carbocycles. The maximum atomic E-state index is 12.1. The first-order valence-corrected chi connectivity index (χ1v) is 14.6. The molecule has 0 radical (unpaired) electrons. The average Bonchev–Trinajstić information content (AvgIpc) is 2.86. The zero-order valence-corrected chi connectivity index (χ0v) is 23.8. The molecule has 226 valence electrons. The van der Waals surface area contributed by atoms with Crippen molar-refractivity contribution in [1.82, 2.24) is 5.32 Å². The van der Waals surface area contributed by atoms with Crippen molar-refractivity contribution in [3.63, 3.8) is 0 Å². The van der Waals surface area contributed by atoms with Gasteiger partial charge < -0.3 is 44.1 Å². The molecule has 1 aromatic rings. The number of terminal acetylenes is 1. The van der Waals surface area contributed by atoms with E-state index in [9.17, 15) is 33.5 Å². The van der Waals surface area contributed by atoms with Crippen LogP contribution < -0.4 is 15.4 Å². The molecule has 0 unspecified atom stereocenters. The van der Waals surface area contributed by atoms with Gasteiger partial charge in [0.05, 0.1) is 6.16 Å². The first kappa shape index (κ1) is 33.6. The second kappa shape index (κ2) is 16.0. The van der Waals surface area contributed by atoms with Gasteiger partial charge in [0.1, 0.15) is 11.9 Å². The number of unbranched alkanes of at least 4 members (excludes halogenated alkanes) is 2. The number of amides is 2. The van der Waals surface area contributed by atoms with Gasteiger partial charge in [-0.15, -0.1) is 12.3 Å². The largest absolute Gasteiger partial charge is 0.461 e. The molecule has 1 fully saturated rings. The summed E-state index contributed by atoms with van der Waals surface area (Å²) in [6.07, 6.45) is -0.470. The molecule has 0 saturated carbocycles. The van der Waals surface area contributed by atoms with E-state index in [1.54, 1.807) is 0 Å². The van der Waals surface area contributed by atoms with E-state index in [0.717, 1.165) is 33.6 Å². The lowest BCUT2D eigenvalue weighted by atomic mass is 9.96. The SMILES string of the molecule is C#CCCCCNC(=O)Nc1ccc(O[C@@H]2O[C@H](CCP(=O)(O)O)[C@@H](OC(C)=O)[C@H](OC(C)=O)[C@@H]2OC(C)=O)cc1. The third-order valence-corrected chi connectivity index (χ3v) is 6.44. The third-order valence-electron chi connectivity index (χ3n) is 5.60. The minimum absolute atomic E-state index is 0.189. The van der Waals surface area contributed by atoms with E-state index in [0.29, 0.717) is 18.7 Å². The molecule has 2 rings (SSSR count). The first-order chi connectivity index (χ1) is 19.3. The lowest BCUT2D eigenvalue weighted by Crippen LogP contribution is -2.62. The molecule has 15 heteroatoms. The zero-order chi connectivity index (χ0) is 30.6. The normalized spacial score (nSPS) is 22.0. The predicted octanol–water partition coefficient (Wildman–Crippen LogP) is 2.08. The molecule has 5 atom stereocenters. The van der Waals surface area contributed by atoms with Crippen molar-refractivity contribution in [2.75, 3.05) is 18.0 Å². The number of hydrogen-bond acceptors (Lipinski definition) is 10. The van der Waals surface area contributed by atoms with E-state index in [-0.39, 0.29) is 12.2 Å². The molecule has 0 spiro atoms. The maximum absolute atomic E-state index is 12.1. The van der Waals surface area contributed by atoms with E-state index in [1.807, 2.05) is 0 Å². The molecule has 1 aliphatic heterocycles. The van der Waals surface area contributed by atoms with Crippen LogP contribution in [0.5, 0.6) is 5.75 Å². The number of carbonyl (C=O) groups excluding carboxylic acids is 4. The predicted molar refractivity (Wildman–Crippen MR) is 144 cm³/mol. The quantitative estimate of drug-likeness (QED) is 0.0850. The van der Waals surface area contributed by atoms with Crippen LogP contribution >= 0.6 is 7.60 Å². The topological polar surface area (TPSA) is 196 Å². The molecule has 1 saturated heterocycles. The van der Waals surface area contributed by atoms with Crippen LogP contribution in [0.15, 0.2) is 24.3 Å². The fourth-order valence-corrected chi connectivity index (χ4v) is 4.55. The Morgan fingerprint density at radius 1 is 0.951 bits per heavy atom. The summed E-state index contributed by atoms with van der Waals surface area (Å²) in [5.41, 5.74) is 0.437. The monoisotopic (exact) mass is 598 g/mol.